The first-order chi connectivity index (χ1) is 17.3. The highest BCUT2D eigenvalue weighted by Crippen LogP contribution is 2.47. The number of carbonyl (C=O) groups excluding carboxylic acids is 2. The van der Waals surface area contributed by atoms with E-state index in [0.29, 0.717) is 37.7 Å². The van der Waals surface area contributed by atoms with E-state index < -0.39 is 0 Å². The summed E-state index contributed by atoms with van der Waals surface area (Å²) >= 11 is 20.8. The first kappa shape index (κ1) is 26.6. The molecule has 0 aliphatic heterocycles. The summed E-state index contributed by atoms with van der Waals surface area (Å²) in [4.78, 5) is 25.9. The summed E-state index contributed by atoms with van der Waals surface area (Å²) < 4.78 is 5.01. The van der Waals surface area contributed by atoms with Crippen molar-refractivity contribution >= 4 is 58.3 Å². The number of allylic oxidation sites excluding steroid dienone is 2. The molecule has 0 saturated carbocycles. The average Bonchev–Trinajstić information content (AvgIpc) is 2.84. The van der Waals surface area contributed by atoms with Gasteiger partial charge in [-0.05, 0) is 41.8 Å². The lowest BCUT2D eigenvalue weighted by molar-refractivity contribution is -0.142. The van der Waals surface area contributed by atoms with Crippen LogP contribution in [0.25, 0.3) is 11.1 Å². The van der Waals surface area contributed by atoms with Crippen LogP contribution in [0.2, 0.25) is 15.1 Å². The van der Waals surface area contributed by atoms with Crippen LogP contribution in [0.15, 0.2) is 76.2 Å². The maximum Gasteiger partial charge on any atom is 0.310 e. The number of benzene rings is 3. The van der Waals surface area contributed by atoms with Crippen molar-refractivity contribution in [2.24, 2.45) is 0 Å². The summed E-state index contributed by atoms with van der Waals surface area (Å²) in [6, 6.07) is 18.5. The number of esters is 1. The van der Waals surface area contributed by atoms with Gasteiger partial charge in [-0.1, -0.05) is 89.0 Å². The van der Waals surface area contributed by atoms with Crippen LogP contribution in [-0.4, -0.2) is 23.5 Å². The van der Waals surface area contributed by atoms with Crippen molar-refractivity contribution in [1.82, 2.24) is 0 Å². The average molecular weight is 562 g/mol. The lowest BCUT2D eigenvalue weighted by Gasteiger charge is -2.26. The van der Waals surface area contributed by atoms with Crippen LogP contribution in [0.4, 0.5) is 0 Å². The molecule has 0 amide bonds. The van der Waals surface area contributed by atoms with Gasteiger partial charge in [0.05, 0.1) is 28.0 Å². The highest BCUT2D eigenvalue weighted by atomic mass is 35.5. The zero-order chi connectivity index (χ0) is 25.8. The smallest absolute Gasteiger partial charge is 0.310 e. The fourth-order valence-electron chi connectivity index (χ4n) is 4.20. The summed E-state index contributed by atoms with van der Waals surface area (Å²) in [7, 11) is 0. The number of hydrogen-bond acceptors (Lipinski definition) is 5. The van der Waals surface area contributed by atoms with Gasteiger partial charge in [-0.2, -0.15) is 0 Å². The predicted molar refractivity (Wildman–Crippen MR) is 146 cm³/mol. The molecule has 8 heteroatoms. The van der Waals surface area contributed by atoms with Gasteiger partial charge in [-0.3, -0.25) is 9.59 Å². The molecule has 1 aliphatic carbocycles. The quantitative estimate of drug-likeness (QED) is 0.293. The van der Waals surface area contributed by atoms with Crippen LogP contribution < -0.4 is 0 Å². The number of aliphatic hydroxyl groups is 1. The minimum absolute atomic E-state index is 0.0367. The Morgan fingerprint density at radius 3 is 2.44 bits per heavy atom. The van der Waals surface area contributed by atoms with E-state index in [-0.39, 0.29) is 47.6 Å². The van der Waals surface area contributed by atoms with E-state index in [1.807, 2.05) is 36.4 Å². The van der Waals surface area contributed by atoms with Gasteiger partial charge >= 0.3 is 5.97 Å². The minimum atomic E-state index is -0.365. The fraction of sp³-hybridized carbons (Fsp3) is 0.214. The molecular formula is C28H23Cl3O4S. The van der Waals surface area contributed by atoms with Gasteiger partial charge in [-0.25, -0.2) is 0 Å². The van der Waals surface area contributed by atoms with Crippen molar-refractivity contribution in [3.63, 3.8) is 0 Å². The Balaban J connectivity index is 1.60. The number of ether oxygens (including phenoxy) is 1. The summed E-state index contributed by atoms with van der Waals surface area (Å²) in [6.07, 6.45) is 0.449. The lowest BCUT2D eigenvalue weighted by Crippen LogP contribution is -2.18. The van der Waals surface area contributed by atoms with E-state index in [0.717, 1.165) is 22.9 Å². The zero-order valence-electron chi connectivity index (χ0n) is 19.4. The normalized spacial score (nSPS) is 15.8. The molecule has 186 valence electrons. The molecule has 0 aromatic heterocycles. The number of hydrogen-bond donors (Lipinski definition) is 1. The maximum absolute atomic E-state index is 13.2. The highest BCUT2D eigenvalue weighted by molar-refractivity contribution is 8.04. The van der Waals surface area contributed by atoms with Crippen LogP contribution >= 0.6 is 46.6 Å². The van der Waals surface area contributed by atoms with Gasteiger partial charge in [0.2, 0.25) is 0 Å². The summed E-state index contributed by atoms with van der Waals surface area (Å²) in [5, 5.41) is 12.3. The van der Waals surface area contributed by atoms with Crippen molar-refractivity contribution < 1.29 is 19.4 Å². The van der Waals surface area contributed by atoms with Crippen molar-refractivity contribution in [3.8, 4) is 11.1 Å². The minimum Gasteiger partial charge on any atom is -0.511 e. The van der Waals surface area contributed by atoms with E-state index in [1.165, 1.54) is 0 Å². The molecular weight excluding hydrogens is 539 g/mol. The molecule has 4 rings (SSSR count). The molecule has 0 radical (unpaired) electrons. The number of thioether (sulfide) groups is 1. The number of aliphatic hydroxyl groups excluding tert-OH is 1. The highest BCUT2D eigenvalue weighted by Gasteiger charge is 2.32. The zero-order valence-corrected chi connectivity index (χ0v) is 22.5. The van der Waals surface area contributed by atoms with E-state index in [2.05, 4.69) is 0 Å². The Morgan fingerprint density at radius 1 is 1.03 bits per heavy atom. The number of carbonyl (C=O) groups is 2. The summed E-state index contributed by atoms with van der Waals surface area (Å²) in [5.74, 6) is -0.972. The van der Waals surface area contributed by atoms with Crippen LogP contribution in [-0.2, 0) is 20.7 Å². The van der Waals surface area contributed by atoms with Gasteiger partial charge in [0, 0.05) is 34.2 Å². The first-order valence-corrected chi connectivity index (χ1v) is 13.3. The van der Waals surface area contributed by atoms with Crippen LogP contribution in [0, 0.1) is 0 Å². The fourth-order valence-corrected chi connectivity index (χ4v) is 6.22. The van der Waals surface area contributed by atoms with E-state index in [1.54, 1.807) is 31.2 Å². The van der Waals surface area contributed by atoms with E-state index >= 15 is 0 Å². The molecule has 3 aromatic rings. The van der Waals surface area contributed by atoms with Gasteiger partial charge in [0.25, 0.3) is 0 Å². The van der Waals surface area contributed by atoms with Crippen molar-refractivity contribution in [2.75, 3.05) is 6.61 Å². The Labute approximate surface area is 229 Å². The third kappa shape index (κ3) is 5.92. The number of halogens is 3. The number of rotatable bonds is 7. The largest absolute Gasteiger partial charge is 0.511 e. The van der Waals surface area contributed by atoms with Gasteiger partial charge in [0.15, 0.2) is 5.78 Å². The number of Topliss-reactive ketones (excluding diaryl/α,β-unsaturated/α-hetero) is 1. The van der Waals surface area contributed by atoms with Crippen LogP contribution in [0.3, 0.4) is 0 Å². The van der Waals surface area contributed by atoms with Crippen molar-refractivity contribution in [2.45, 2.75) is 37.0 Å². The van der Waals surface area contributed by atoms with Gasteiger partial charge in [0.1, 0.15) is 5.76 Å². The molecule has 3 aromatic carbocycles. The first-order valence-electron chi connectivity index (χ1n) is 11.4. The van der Waals surface area contributed by atoms with E-state index in [4.69, 9.17) is 39.5 Å². The molecule has 0 fully saturated rings. The lowest BCUT2D eigenvalue weighted by atomic mass is 9.84. The molecule has 0 spiro atoms. The van der Waals surface area contributed by atoms with Crippen molar-refractivity contribution in [1.29, 1.82) is 0 Å². The Bertz CT molecular complexity index is 1340. The monoisotopic (exact) mass is 560 g/mol. The molecule has 0 heterocycles. The molecule has 1 unspecified atom stereocenters. The third-order valence-corrected chi connectivity index (χ3v) is 8.27. The maximum atomic E-state index is 13.2. The molecule has 1 atom stereocenters. The molecule has 0 saturated heterocycles. The van der Waals surface area contributed by atoms with Crippen molar-refractivity contribution in [3.05, 3.63) is 97.5 Å². The van der Waals surface area contributed by atoms with Crippen LogP contribution in [0.5, 0.6) is 0 Å². The molecule has 4 nitrogen and oxygen atoms in total. The molecule has 0 bridgehead atoms. The van der Waals surface area contributed by atoms with E-state index in [9.17, 15) is 14.7 Å². The summed E-state index contributed by atoms with van der Waals surface area (Å²) in [5.41, 5.74) is 3.12. The third-order valence-electron chi connectivity index (χ3n) is 5.87. The second-order valence-electron chi connectivity index (χ2n) is 8.34. The standard InChI is InChI=1S/C28H23Cl3O4S/c1-2-35-25(34)13-16-8-10-20(29)24(12-16)36-28-22(32)14-18(15-23(28)33)26-21(30)11-9-19(27(26)31)17-6-4-3-5-7-17/h3-12,18,32H,2,13-15H2,1H3. The summed E-state index contributed by atoms with van der Waals surface area (Å²) in [6.45, 7) is 2.04. The molecule has 1 aliphatic rings. The van der Waals surface area contributed by atoms with Gasteiger partial charge < -0.3 is 9.84 Å². The SMILES string of the molecule is CCOC(=O)Cc1ccc(Cl)c(SC2=C(O)CC(c3c(Cl)ccc(-c4ccccc4)c3Cl)CC2=O)c1. The predicted octanol–water partition coefficient (Wildman–Crippen LogP) is 8.43. The molecule has 1 N–H and O–H groups in total. The molecule has 36 heavy (non-hydrogen) atoms. The van der Waals surface area contributed by atoms with Crippen LogP contribution in [0.1, 0.15) is 36.8 Å². The topological polar surface area (TPSA) is 63.6 Å². The Kier molecular flexibility index (Phi) is 8.68. The second kappa shape index (κ2) is 11.7. The second-order valence-corrected chi connectivity index (χ2v) is 10.6. The van der Waals surface area contributed by atoms with Gasteiger partial charge in [-0.15, -0.1) is 0 Å². The number of ketones is 1. The Hall–Kier alpha value is -2.44. The Morgan fingerprint density at radius 2 is 1.75 bits per heavy atom.